The minimum atomic E-state index is 0.0243. The van der Waals surface area contributed by atoms with Gasteiger partial charge in [0.1, 0.15) is 0 Å². The summed E-state index contributed by atoms with van der Waals surface area (Å²) in [6.07, 6.45) is 11.4. The zero-order chi connectivity index (χ0) is 30.3. The Labute approximate surface area is 251 Å². The minimum absolute atomic E-state index is 0.0243. The van der Waals surface area contributed by atoms with Crippen LogP contribution in [0.4, 0.5) is 0 Å². The van der Waals surface area contributed by atoms with Crippen molar-refractivity contribution in [3.05, 3.63) is 76.4 Å². The van der Waals surface area contributed by atoms with Gasteiger partial charge >= 0.3 is 0 Å². The average Bonchev–Trinajstić information content (AvgIpc) is 2.96. The predicted octanol–water partition coefficient (Wildman–Crippen LogP) is 8.64. The van der Waals surface area contributed by atoms with Crippen LogP contribution in [0, 0.1) is 0 Å². The van der Waals surface area contributed by atoms with Crippen LogP contribution in [-0.2, 0) is 0 Å². The summed E-state index contributed by atoms with van der Waals surface area (Å²) in [6.45, 7) is 26.0. The lowest BCUT2D eigenvalue weighted by Crippen LogP contribution is -2.54. The van der Waals surface area contributed by atoms with E-state index in [0.717, 1.165) is 92.3 Å². The summed E-state index contributed by atoms with van der Waals surface area (Å²) in [4.78, 5) is 15.9. The van der Waals surface area contributed by atoms with Crippen LogP contribution in [0.15, 0.2) is 65.3 Å². The molecule has 226 valence electrons. The second kappa shape index (κ2) is 18.0. The predicted molar refractivity (Wildman–Crippen MR) is 180 cm³/mol. The summed E-state index contributed by atoms with van der Waals surface area (Å²) in [6, 6.07) is 12.4. The quantitative estimate of drug-likeness (QED) is 0.146. The molecule has 0 saturated carbocycles. The lowest BCUT2D eigenvalue weighted by atomic mass is 9.97. The van der Waals surface area contributed by atoms with E-state index in [0.29, 0.717) is 6.54 Å². The molecule has 0 aliphatic rings. The maximum Gasteiger partial charge on any atom is 0.252 e. The first-order valence-corrected chi connectivity index (χ1v) is 16.0. The third-order valence-corrected chi connectivity index (χ3v) is 8.73. The van der Waals surface area contributed by atoms with Crippen molar-refractivity contribution in [2.24, 2.45) is 0 Å². The number of benzene rings is 2. The van der Waals surface area contributed by atoms with Crippen molar-refractivity contribution in [2.45, 2.75) is 81.1 Å². The Morgan fingerprint density at radius 2 is 1.44 bits per heavy atom. The van der Waals surface area contributed by atoms with Crippen molar-refractivity contribution >= 4 is 22.8 Å². The Morgan fingerprint density at radius 1 is 0.805 bits per heavy atom. The second-order valence-corrected chi connectivity index (χ2v) is 11.9. The highest BCUT2D eigenvalue weighted by molar-refractivity contribution is 6.09. The molecule has 0 saturated heterocycles. The first-order chi connectivity index (χ1) is 19.7. The van der Waals surface area contributed by atoms with Gasteiger partial charge in [-0.2, -0.15) is 0 Å². The molecule has 0 radical (unpaired) electrons. The molecule has 4 nitrogen and oxygen atoms in total. The maximum atomic E-state index is 13.4. The highest BCUT2D eigenvalue weighted by atomic mass is 16.1. The van der Waals surface area contributed by atoms with E-state index in [2.05, 4.69) is 108 Å². The number of fused-ring (bicyclic) bond motifs is 1. The van der Waals surface area contributed by atoms with Gasteiger partial charge in [0.2, 0.25) is 0 Å². The highest BCUT2D eigenvalue weighted by Crippen LogP contribution is 2.26. The molecule has 2 aromatic carbocycles. The molecule has 41 heavy (non-hydrogen) atoms. The minimum Gasteiger partial charge on any atom is -0.346 e. The lowest BCUT2D eigenvalue weighted by molar-refractivity contribution is -0.923. The smallest absolute Gasteiger partial charge is 0.252 e. The second-order valence-electron chi connectivity index (χ2n) is 11.9. The van der Waals surface area contributed by atoms with Gasteiger partial charge in [0.15, 0.2) is 0 Å². The van der Waals surface area contributed by atoms with E-state index in [1.807, 2.05) is 12.1 Å². The molecule has 0 aliphatic heterocycles. The van der Waals surface area contributed by atoms with E-state index in [-0.39, 0.29) is 5.91 Å². The Balaban J connectivity index is 2.08. The van der Waals surface area contributed by atoms with Crippen LogP contribution in [0.5, 0.6) is 0 Å². The number of nitrogens with zero attached hydrogens (tertiary/aromatic N) is 2. The van der Waals surface area contributed by atoms with Crippen molar-refractivity contribution < 1.29 is 9.28 Å². The first-order valence-electron chi connectivity index (χ1n) is 16.0. The van der Waals surface area contributed by atoms with Crippen LogP contribution in [-0.4, -0.2) is 67.6 Å². The van der Waals surface area contributed by atoms with Gasteiger partial charge in [-0.15, -0.1) is 0 Å². The molecule has 0 unspecified atom stereocenters. The van der Waals surface area contributed by atoms with Gasteiger partial charge in [-0.25, -0.2) is 0 Å². The number of quaternary nitrogens is 1. The van der Waals surface area contributed by atoms with Gasteiger partial charge in [-0.05, 0) is 103 Å². The topological polar surface area (TPSA) is 32.3 Å². The molecule has 4 heteroatoms. The molecule has 0 spiro atoms. The van der Waals surface area contributed by atoms with Crippen LogP contribution < -0.4 is 5.32 Å². The third-order valence-electron chi connectivity index (χ3n) is 8.73. The van der Waals surface area contributed by atoms with E-state index in [1.54, 1.807) is 0 Å². The van der Waals surface area contributed by atoms with Gasteiger partial charge < -0.3 is 9.80 Å². The fourth-order valence-corrected chi connectivity index (χ4v) is 5.58. The number of amides is 1. The fourth-order valence-electron chi connectivity index (χ4n) is 5.58. The van der Waals surface area contributed by atoms with Gasteiger partial charge in [0, 0.05) is 12.1 Å². The Kier molecular flexibility index (Phi) is 15.1. The Bertz CT molecular complexity index is 1180. The molecule has 0 heterocycles. The molecule has 0 fully saturated rings. The number of likely N-dealkylation sites (N-methyl/N-ethyl adjacent to an activating group) is 2. The van der Waals surface area contributed by atoms with E-state index >= 15 is 0 Å². The summed E-state index contributed by atoms with van der Waals surface area (Å²) in [5.74, 6) is 0.0243. The number of carbonyl (C=O) groups excluding carboxylic acids is 1. The zero-order valence-electron chi connectivity index (χ0n) is 27.5. The van der Waals surface area contributed by atoms with E-state index in [4.69, 9.17) is 0 Å². The van der Waals surface area contributed by atoms with Crippen LogP contribution in [0.2, 0.25) is 0 Å². The van der Waals surface area contributed by atoms with Crippen molar-refractivity contribution in [3.8, 4) is 0 Å². The number of hydrogen-bond donors (Lipinski definition) is 1. The largest absolute Gasteiger partial charge is 0.346 e. The van der Waals surface area contributed by atoms with Crippen molar-refractivity contribution in [3.63, 3.8) is 0 Å². The molecule has 0 bridgehead atoms. The first kappa shape index (κ1) is 34.5. The van der Waals surface area contributed by atoms with Crippen molar-refractivity contribution in [2.75, 3.05) is 52.4 Å². The SMILES string of the molecule is CCN(CC)CC[N+](CC)(CC)CCNC(=O)c1ccc(C=C(C)CCC=C(C)CCC=C(C)C)c2ccccc12. The Morgan fingerprint density at radius 3 is 2.07 bits per heavy atom. The van der Waals surface area contributed by atoms with E-state index in [9.17, 15) is 4.79 Å². The number of allylic oxidation sites excluding steroid dienone is 5. The molecular formula is C37H58N3O+. The normalized spacial score (nSPS) is 12.7. The summed E-state index contributed by atoms with van der Waals surface area (Å²) >= 11 is 0. The molecule has 0 atom stereocenters. The average molecular weight is 561 g/mol. The molecule has 1 amide bonds. The molecule has 0 aliphatic carbocycles. The monoisotopic (exact) mass is 560 g/mol. The number of carbonyl (C=O) groups is 1. The standard InChI is InChI=1S/C37H57N3O/c1-9-39(10-2)26-28-40(11-3,12-4)27-25-38-37(41)36-24-23-33(34-21-13-14-22-35(34)36)29-32(8)20-16-19-31(7)18-15-17-30(5)6/h13-14,17,19,21-24,29H,9-12,15-16,18,20,25-28H2,1-8H3/p+1. The highest BCUT2D eigenvalue weighted by Gasteiger charge is 2.24. The van der Waals surface area contributed by atoms with Crippen LogP contribution in [0.3, 0.4) is 0 Å². The number of rotatable bonds is 18. The number of nitrogens with one attached hydrogen (secondary N) is 1. The van der Waals surface area contributed by atoms with Crippen LogP contribution >= 0.6 is 0 Å². The van der Waals surface area contributed by atoms with E-state index < -0.39 is 0 Å². The fraction of sp³-hybridized carbons (Fsp3) is 0.541. The van der Waals surface area contributed by atoms with Gasteiger partial charge in [0.25, 0.3) is 5.91 Å². The van der Waals surface area contributed by atoms with Crippen molar-refractivity contribution in [1.82, 2.24) is 10.2 Å². The molecule has 1 N–H and O–H groups in total. The van der Waals surface area contributed by atoms with Gasteiger partial charge in [-0.1, -0.05) is 79.1 Å². The van der Waals surface area contributed by atoms with Crippen molar-refractivity contribution in [1.29, 1.82) is 0 Å². The summed E-state index contributed by atoms with van der Waals surface area (Å²) in [5, 5.41) is 5.42. The van der Waals surface area contributed by atoms with Gasteiger partial charge in [-0.3, -0.25) is 9.69 Å². The number of hydrogen-bond acceptors (Lipinski definition) is 2. The molecule has 2 rings (SSSR count). The summed E-state index contributed by atoms with van der Waals surface area (Å²) in [5.41, 5.74) is 6.16. The van der Waals surface area contributed by atoms with Crippen LogP contribution in [0.25, 0.3) is 16.8 Å². The van der Waals surface area contributed by atoms with Crippen LogP contribution in [0.1, 0.15) is 97.0 Å². The zero-order valence-corrected chi connectivity index (χ0v) is 27.5. The van der Waals surface area contributed by atoms with Gasteiger partial charge in [0.05, 0.1) is 32.7 Å². The molecule has 2 aromatic rings. The lowest BCUT2D eigenvalue weighted by Gasteiger charge is -2.38. The Hall–Kier alpha value is -2.69. The third kappa shape index (κ3) is 11.2. The maximum absolute atomic E-state index is 13.4. The summed E-state index contributed by atoms with van der Waals surface area (Å²) in [7, 11) is 0. The molecule has 0 aromatic heterocycles. The molecular weight excluding hydrogens is 502 g/mol. The van der Waals surface area contributed by atoms with E-state index in [1.165, 1.54) is 22.3 Å². The summed E-state index contributed by atoms with van der Waals surface area (Å²) < 4.78 is 1.03.